The summed E-state index contributed by atoms with van der Waals surface area (Å²) in [5.74, 6) is 0.393. The van der Waals surface area contributed by atoms with Crippen LogP contribution >= 0.6 is 0 Å². The summed E-state index contributed by atoms with van der Waals surface area (Å²) in [6.45, 7) is 4.55. The Labute approximate surface area is 283 Å². The van der Waals surface area contributed by atoms with Crippen LogP contribution in [0.1, 0.15) is 32.1 Å². The average molecular weight is 647 g/mol. The van der Waals surface area contributed by atoms with E-state index >= 15 is 0 Å². The Hall–Kier alpha value is -4.50. The minimum absolute atomic E-state index is 0.0544. The molecule has 0 aliphatic carbocycles. The van der Waals surface area contributed by atoms with E-state index in [0.717, 1.165) is 85.5 Å². The molecule has 0 saturated carbocycles. The van der Waals surface area contributed by atoms with Gasteiger partial charge in [0, 0.05) is 49.4 Å². The minimum Gasteiger partial charge on any atom is -0.446 e. The van der Waals surface area contributed by atoms with Crippen LogP contribution in [0.4, 0.5) is 16.2 Å². The smallest absolute Gasteiger partial charge is 0.411 e. The van der Waals surface area contributed by atoms with Crippen LogP contribution in [0.5, 0.6) is 0 Å². The van der Waals surface area contributed by atoms with Crippen molar-refractivity contribution in [3.8, 4) is 22.3 Å². The fourth-order valence-electron chi connectivity index (χ4n) is 6.91. The molecule has 3 N–H and O–H groups in total. The molecule has 2 aliphatic rings. The summed E-state index contributed by atoms with van der Waals surface area (Å²) in [6.07, 6.45) is 2.85. The molecule has 0 aromatic heterocycles. The Morgan fingerprint density at radius 2 is 1.10 bits per heavy atom. The van der Waals surface area contributed by atoms with E-state index in [1.807, 2.05) is 97.1 Å². The SMILES string of the molecule is O=C(CC1CCN(CC(O)CN2CCC(OC(=O)Nc3ccccc3-c3ccccc3)CC2)CC1)Nc1ccccc1-c1ccccc1. The summed E-state index contributed by atoms with van der Waals surface area (Å²) < 4.78 is 5.78. The number of hydrogen-bond donors (Lipinski definition) is 3. The molecule has 2 saturated heterocycles. The van der Waals surface area contributed by atoms with Crippen LogP contribution in [0.2, 0.25) is 0 Å². The molecule has 2 amide bonds. The molecule has 0 bridgehead atoms. The van der Waals surface area contributed by atoms with Gasteiger partial charge in [0.25, 0.3) is 0 Å². The molecule has 1 unspecified atom stereocenters. The Morgan fingerprint density at radius 3 is 1.65 bits per heavy atom. The number of amides is 2. The molecule has 8 nitrogen and oxygen atoms in total. The summed E-state index contributed by atoms with van der Waals surface area (Å²) in [5, 5.41) is 17.0. The van der Waals surface area contributed by atoms with Crippen molar-refractivity contribution in [2.45, 2.75) is 44.3 Å². The second kappa shape index (κ2) is 16.6. The molecule has 48 heavy (non-hydrogen) atoms. The van der Waals surface area contributed by atoms with Gasteiger partial charge in [0.2, 0.25) is 5.91 Å². The van der Waals surface area contributed by atoms with E-state index < -0.39 is 12.2 Å². The number of piperidine rings is 2. The number of aliphatic hydroxyl groups excluding tert-OH is 1. The lowest BCUT2D eigenvalue weighted by Gasteiger charge is -2.36. The van der Waals surface area contributed by atoms with Gasteiger partial charge in [-0.15, -0.1) is 0 Å². The molecule has 250 valence electrons. The van der Waals surface area contributed by atoms with Gasteiger partial charge in [-0.2, -0.15) is 0 Å². The predicted molar refractivity (Wildman–Crippen MR) is 192 cm³/mol. The van der Waals surface area contributed by atoms with E-state index in [-0.39, 0.29) is 12.0 Å². The zero-order valence-corrected chi connectivity index (χ0v) is 27.5. The molecule has 1 atom stereocenters. The first-order valence-electron chi connectivity index (χ1n) is 17.2. The molecule has 4 aromatic rings. The third kappa shape index (κ3) is 9.31. The van der Waals surface area contributed by atoms with Crippen LogP contribution in [-0.4, -0.2) is 78.4 Å². The summed E-state index contributed by atoms with van der Waals surface area (Å²) in [7, 11) is 0. The Balaban J connectivity index is 0.878. The van der Waals surface area contributed by atoms with Crippen LogP contribution in [0.25, 0.3) is 22.3 Å². The molecular formula is C40H46N4O4. The van der Waals surface area contributed by atoms with Crippen molar-refractivity contribution in [1.29, 1.82) is 0 Å². The second-order valence-electron chi connectivity index (χ2n) is 13.0. The Bertz CT molecular complexity index is 1500. The highest BCUT2D eigenvalue weighted by Crippen LogP contribution is 2.30. The van der Waals surface area contributed by atoms with Gasteiger partial charge in [0.1, 0.15) is 6.10 Å². The molecule has 2 aliphatic heterocycles. The van der Waals surface area contributed by atoms with Gasteiger partial charge < -0.3 is 25.0 Å². The summed E-state index contributed by atoms with van der Waals surface area (Å²) in [4.78, 5) is 30.3. The summed E-state index contributed by atoms with van der Waals surface area (Å²) >= 11 is 0. The highest BCUT2D eigenvalue weighted by Gasteiger charge is 2.27. The zero-order chi connectivity index (χ0) is 33.1. The van der Waals surface area contributed by atoms with Gasteiger partial charge in [0.05, 0.1) is 11.8 Å². The predicted octanol–water partition coefficient (Wildman–Crippen LogP) is 7.14. The van der Waals surface area contributed by atoms with Crippen LogP contribution in [-0.2, 0) is 9.53 Å². The maximum atomic E-state index is 13.0. The van der Waals surface area contributed by atoms with Gasteiger partial charge >= 0.3 is 6.09 Å². The number of ether oxygens (including phenoxy) is 1. The molecular weight excluding hydrogens is 600 g/mol. The van der Waals surface area contributed by atoms with Crippen LogP contribution < -0.4 is 10.6 Å². The fourth-order valence-corrected chi connectivity index (χ4v) is 6.91. The number of nitrogens with one attached hydrogen (secondary N) is 2. The van der Waals surface area contributed by atoms with Gasteiger partial charge in [-0.1, -0.05) is 97.1 Å². The van der Waals surface area contributed by atoms with E-state index in [0.29, 0.717) is 25.4 Å². The molecule has 0 spiro atoms. The molecule has 2 heterocycles. The number of carbonyl (C=O) groups is 2. The number of para-hydroxylation sites is 2. The number of aliphatic hydroxyl groups is 1. The number of nitrogens with zero attached hydrogens (tertiary/aromatic N) is 2. The lowest BCUT2D eigenvalue weighted by Crippen LogP contribution is -2.46. The van der Waals surface area contributed by atoms with Crippen molar-refractivity contribution in [3.05, 3.63) is 109 Å². The fraction of sp³-hybridized carbons (Fsp3) is 0.350. The highest BCUT2D eigenvalue weighted by molar-refractivity contribution is 5.95. The van der Waals surface area contributed by atoms with Crippen LogP contribution in [0.3, 0.4) is 0 Å². The molecule has 8 heteroatoms. The van der Waals surface area contributed by atoms with Crippen LogP contribution in [0, 0.1) is 5.92 Å². The monoisotopic (exact) mass is 646 g/mol. The molecule has 6 rings (SSSR count). The van der Waals surface area contributed by atoms with Gasteiger partial charge in [-0.25, -0.2) is 4.79 Å². The van der Waals surface area contributed by atoms with Crippen molar-refractivity contribution in [2.24, 2.45) is 5.92 Å². The average Bonchev–Trinajstić information content (AvgIpc) is 3.11. The number of hydrogen-bond acceptors (Lipinski definition) is 6. The number of carbonyl (C=O) groups excluding carboxylic acids is 2. The van der Waals surface area contributed by atoms with Gasteiger partial charge in [0.15, 0.2) is 0 Å². The van der Waals surface area contributed by atoms with Gasteiger partial charge in [-0.3, -0.25) is 10.1 Å². The quantitative estimate of drug-likeness (QED) is 0.161. The van der Waals surface area contributed by atoms with Crippen molar-refractivity contribution < 1.29 is 19.4 Å². The largest absolute Gasteiger partial charge is 0.446 e. The molecule has 2 fully saturated rings. The first kappa shape index (κ1) is 33.4. The normalized spacial score (nSPS) is 17.0. The van der Waals surface area contributed by atoms with E-state index in [1.54, 1.807) is 0 Å². The summed E-state index contributed by atoms with van der Waals surface area (Å²) in [5.41, 5.74) is 5.67. The lowest BCUT2D eigenvalue weighted by atomic mass is 9.93. The van der Waals surface area contributed by atoms with Crippen molar-refractivity contribution in [1.82, 2.24) is 9.80 Å². The standard InChI is InChI=1S/C40H46N4O4/c45-33(28-43-23-19-30(20-24-43)27-39(46)41-37-17-9-7-15-35(37)31-11-3-1-4-12-31)29-44-25-21-34(22-26-44)48-40(47)42-38-18-10-8-16-36(38)32-13-5-2-6-14-32/h1-18,30,33-34,45H,19-29H2,(H,41,46)(H,42,47). The molecule has 4 aromatic carbocycles. The number of benzene rings is 4. The number of rotatable bonds is 11. The Kier molecular flexibility index (Phi) is 11.5. The van der Waals surface area contributed by atoms with Crippen molar-refractivity contribution >= 4 is 23.4 Å². The number of β-amino-alcohol motifs (C(OH)–C–C–N with tert-alkyl or cyclic N) is 1. The summed E-state index contributed by atoms with van der Waals surface area (Å²) in [6, 6.07) is 35.8. The molecule has 0 radical (unpaired) electrons. The third-order valence-electron chi connectivity index (χ3n) is 9.46. The van der Waals surface area contributed by atoms with E-state index in [2.05, 4.69) is 32.6 Å². The number of anilines is 2. The topological polar surface area (TPSA) is 94.1 Å². The van der Waals surface area contributed by atoms with Crippen molar-refractivity contribution in [3.63, 3.8) is 0 Å². The highest BCUT2D eigenvalue weighted by atomic mass is 16.6. The second-order valence-corrected chi connectivity index (χ2v) is 13.0. The van der Waals surface area contributed by atoms with Crippen molar-refractivity contribution in [2.75, 3.05) is 49.9 Å². The van der Waals surface area contributed by atoms with Crippen LogP contribution in [0.15, 0.2) is 109 Å². The number of likely N-dealkylation sites (tertiary alicyclic amines) is 2. The minimum atomic E-state index is -0.449. The van der Waals surface area contributed by atoms with E-state index in [4.69, 9.17) is 4.74 Å². The third-order valence-corrected chi connectivity index (χ3v) is 9.46. The maximum absolute atomic E-state index is 13.0. The lowest BCUT2D eigenvalue weighted by molar-refractivity contribution is -0.117. The van der Waals surface area contributed by atoms with E-state index in [9.17, 15) is 14.7 Å². The van der Waals surface area contributed by atoms with Gasteiger partial charge in [-0.05, 0) is 68.0 Å². The first-order chi connectivity index (χ1) is 23.5. The zero-order valence-electron chi connectivity index (χ0n) is 27.5. The maximum Gasteiger partial charge on any atom is 0.411 e. The Morgan fingerprint density at radius 1 is 0.646 bits per heavy atom. The first-order valence-corrected chi connectivity index (χ1v) is 17.2. The van der Waals surface area contributed by atoms with E-state index in [1.165, 1.54) is 0 Å².